The normalized spacial score (nSPS) is 10.9. The SMILES string of the molecule is CCNC(=NCc1cccc(C(=O)NC)c1)NCc1cc(Cl)c(Cl)n1C.I. The van der Waals surface area contributed by atoms with Gasteiger partial charge in [0, 0.05) is 31.9 Å². The summed E-state index contributed by atoms with van der Waals surface area (Å²) in [4.78, 5) is 16.3. The van der Waals surface area contributed by atoms with Crippen molar-refractivity contribution in [2.75, 3.05) is 13.6 Å². The largest absolute Gasteiger partial charge is 0.357 e. The van der Waals surface area contributed by atoms with Crippen LogP contribution in [0.1, 0.15) is 28.5 Å². The van der Waals surface area contributed by atoms with Crippen LogP contribution in [0, 0.1) is 0 Å². The van der Waals surface area contributed by atoms with E-state index in [2.05, 4.69) is 20.9 Å². The van der Waals surface area contributed by atoms with Gasteiger partial charge in [0.2, 0.25) is 0 Å². The molecule has 0 fully saturated rings. The van der Waals surface area contributed by atoms with E-state index in [1.165, 1.54) is 0 Å². The highest BCUT2D eigenvalue weighted by molar-refractivity contribution is 14.0. The second kappa shape index (κ2) is 11.4. The zero-order chi connectivity index (χ0) is 19.1. The fraction of sp³-hybridized carbons (Fsp3) is 0.333. The van der Waals surface area contributed by atoms with Crippen LogP contribution in [0.4, 0.5) is 0 Å². The highest BCUT2D eigenvalue weighted by atomic mass is 127. The molecule has 2 aromatic rings. The van der Waals surface area contributed by atoms with Crippen LogP contribution < -0.4 is 16.0 Å². The number of hydrogen-bond acceptors (Lipinski definition) is 2. The molecule has 1 aromatic carbocycles. The minimum absolute atomic E-state index is 0. The molecule has 27 heavy (non-hydrogen) atoms. The predicted molar refractivity (Wildman–Crippen MR) is 122 cm³/mol. The maximum Gasteiger partial charge on any atom is 0.251 e. The molecule has 1 aromatic heterocycles. The molecule has 148 valence electrons. The molecule has 0 aliphatic heterocycles. The van der Waals surface area contributed by atoms with Crippen LogP contribution in [0.15, 0.2) is 35.3 Å². The van der Waals surface area contributed by atoms with Gasteiger partial charge in [0.15, 0.2) is 5.96 Å². The third-order valence-electron chi connectivity index (χ3n) is 3.83. The molecular formula is C18H24Cl2IN5O. The molecule has 3 N–H and O–H groups in total. The zero-order valence-electron chi connectivity index (χ0n) is 15.5. The van der Waals surface area contributed by atoms with Crippen molar-refractivity contribution in [1.29, 1.82) is 0 Å². The number of nitrogens with one attached hydrogen (secondary N) is 3. The Labute approximate surface area is 186 Å². The molecule has 0 atom stereocenters. The first-order valence-electron chi connectivity index (χ1n) is 8.29. The lowest BCUT2D eigenvalue weighted by atomic mass is 10.1. The van der Waals surface area contributed by atoms with Crippen molar-refractivity contribution in [2.45, 2.75) is 20.0 Å². The van der Waals surface area contributed by atoms with Gasteiger partial charge in [-0.15, -0.1) is 24.0 Å². The maximum atomic E-state index is 11.7. The van der Waals surface area contributed by atoms with Gasteiger partial charge in [0.1, 0.15) is 5.15 Å². The molecule has 2 rings (SSSR count). The number of guanidine groups is 1. The topological polar surface area (TPSA) is 70.4 Å². The van der Waals surface area contributed by atoms with Gasteiger partial charge in [0.05, 0.1) is 18.1 Å². The molecule has 0 aliphatic carbocycles. The third kappa shape index (κ3) is 6.58. The van der Waals surface area contributed by atoms with E-state index in [9.17, 15) is 4.79 Å². The van der Waals surface area contributed by atoms with Gasteiger partial charge in [-0.2, -0.15) is 0 Å². The van der Waals surface area contributed by atoms with Gasteiger partial charge in [0.25, 0.3) is 5.91 Å². The molecule has 0 saturated heterocycles. The molecular weight excluding hydrogens is 500 g/mol. The molecule has 6 nitrogen and oxygen atoms in total. The molecule has 0 bridgehead atoms. The number of nitrogens with zero attached hydrogens (tertiary/aromatic N) is 2. The summed E-state index contributed by atoms with van der Waals surface area (Å²) in [6.45, 7) is 3.72. The zero-order valence-corrected chi connectivity index (χ0v) is 19.3. The van der Waals surface area contributed by atoms with Gasteiger partial charge >= 0.3 is 0 Å². The second-order valence-corrected chi connectivity index (χ2v) is 6.43. The summed E-state index contributed by atoms with van der Waals surface area (Å²) in [6, 6.07) is 9.23. The van der Waals surface area contributed by atoms with Crippen LogP contribution in [0.5, 0.6) is 0 Å². The van der Waals surface area contributed by atoms with E-state index in [1.54, 1.807) is 13.1 Å². The summed E-state index contributed by atoms with van der Waals surface area (Å²) in [5.41, 5.74) is 2.52. The number of amides is 1. The van der Waals surface area contributed by atoms with E-state index in [4.69, 9.17) is 23.2 Å². The van der Waals surface area contributed by atoms with E-state index < -0.39 is 0 Å². The van der Waals surface area contributed by atoms with Crippen molar-refractivity contribution in [1.82, 2.24) is 20.5 Å². The minimum atomic E-state index is -0.113. The monoisotopic (exact) mass is 523 g/mol. The minimum Gasteiger partial charge on any atom is -0.357 e. The Morgan fingerprint density at radius 1 is 1.22 bits per heavy atom. The van der Waals surface area contributed by atoms with Crippen molar-refractivity contribution < 1.29 is 4.79 Å². The first-order chi connectivity index (χ1) is 12.5. The fourth-order valence-corrected chi connectivity index (χ4v) is 2.82. The van der Waals surface area contributed by atoms with Crippen LogP contribution >= 0.6 is 47.2 Å². The number of hydrogen-bond donors (Lipinski definition) is 3. The van der Waals surface area contributed by atoms with Gasteiger partial charge < -0.3 is 20.5 Å². The van der Waals surface area contributed by atoms with E-state index in [-0.39, 0.29) is 29.9 Å². The van der Waals surface area contributed by atoms with Crippen molar-refractivity contribution in [3.05, 3.63) is 57.3 Å². The standard InChI is InChI=1S/C18H23Cl2N5O.HI/c1-4-22-18(24-11-14-9-15(19)16(20)25(14)3)23-10-12-6-5-7-13(8-12)17(26)21-2;/h5-9H,4,10-11H2,1-3H3,(H,21,26)(H2,22,23,24);1H. The summed E-state index contributed by atoms with van der Waals surface area (Å²) in [6.07, 6.45) is 0. The number of carbonyl (C=O) groups is 1. The van der Waals surface area contributed by atoms with Crippen molar-refractivity contribution in [2.24, 2.45) is 12.0 Å². The molecule has 0 saturated carbocycles. The Kier molecular flexibility index (Phi) is 9.97. The lowest BCUT2D eigenvalue weighted by Crippen LogP contribution is -2.37. The Bertz CT molecular complexity index is 807. The van der Waals surface area contributed by atoms with E-state index in [1.807, 2.05) is 42.8 Å². The Hall–Kier alpha value is -1.45. The Balaban J connectivity index is 0.00000364. The van der Waals surface area contributed by atoms with E-state index in [0.29, 0.717) is 34.8 Å². The number of halogens is 3. The van der Waals surface area contributed by atoms with Gasteiger partial charge in [-0.25, -0.2) is 4.99 Å². The summed E-state index contributed by atoms with van der Waals surface area (Å²) < 4.78 is 1.83. The van der Waals surface area contributed by atoms with Gasteiger partial charge in [-0.3, -0.25) is 4.79 Å². The summed E-state index contributed by atoms with van der Waals surface area (Å²) >= 11 is 12.1. The van der Waals surface area contributed by atoms with Gasteiger partial charge in [-0.1, -0.05) is 35.3 Å². The molecule has 0 radical (unpaired) electrons. The van der Waals surface area contributed by atoms with Crippen LogP contribution in [0.3, 0.4) is 0 Å². The lowest BCUT2D eigenvalue weighted by molar-refractivity contribution is 0.0963. The smallest absolute Gasteiger partial charge is 0.251 e. The highest BCUT2D eigenvalue weighted by Crippen LogP contribution is 2.24. The molecule has 1 heterocycles. The van der Waals surface area contributed by atoms with Crippen molar-refractivity contribution >= 4 is 59.0 Å². The third-order valence-corrected chi connectivity index (χ3v) is 4.67. The quantitative estimate of drug-likeness (QED) is 0.308. The van der Waals surface area contributed by atoms with Crippen LogP contribution in [0.25, 0.3) is 0 Å². The fourth-order valence-electron chi connectivity index (χ4n) is 2.40. The molecule has 0 unspecified atom stereocenters. The number of aliphatic imine (C=N–C) groups is 1. The first-order valence-corrected chi connectivity index (χ1v) is 9.04. The second-order valence-electron chi connectivity index (χ2n) is 5.66. The Morgan fingerprint density at radius 3 is 2.56 bits per heavy atom. The maximum absolute atomic E-state index is 11.7. The van der Waals surface area contributed by atoms with E-state index >= 15 is 0 Å². The first kappa shape index (κ1) is 23.6. The summed E-state index contributed by atoms with van der Waals surface area (Å²) in [7, 11) is 3.47. The average Bonchev–Trinajstić information content (AvgIpc) is 2.90. The number of aromatic nitrogens is 1. The summed E-state index contributed by atoms with van der Waals surface area (Å²) in [5, 5.41) is 10.1. The van der Waals surface area contributed by atoms with Crippen LogP contribution in [-0.4, -0.2) is 30.0 Å². The lowest BCUT2D eigenvalue weighted by Gasteiger charge is -2.12. The average molecular weight is 524 g/mol. The summed E-state index contributed by atoms with van der Waals surface area (Å²) in [5.74, 6) is 0.560. The molecule has 0 spiro atoms. The highest BCUT2D eigenvalue weighted by Gasteiger charge is 2.09. The Morgan fingerprint density at radius 2 is 1.96 bits per heavy atom. The van der Waals surface area contributed by atoms with Crippen molar-refractivity contribution in [3.8, 4) is 0 Å². The van der Waals surface area contributed by atoms with Gasteiger partial charge in [-0.05, 0) is 30.7 Å². The molecule has 1 amide bonds. The van der Waals surface area contributed by atoms with Crippen LogP contribution in [0.2, 0.25) is 10.2 Å². The number of carbonyl (C=O) groups excluding carboxylic acids is 1. The molecule has 0 aliphatic rings. The van der Waals surface area contributed by atoms with Crippen LogP contribution in [-0.2, 0) is 20.1 Å². The number of benzene rings is 1. The predicted octanol–water partition coefficient (Wildman–Crippen LogP) is 3.56. The van der Waals surface area contributed by atoms with E-state index in [0.717, 1.165) is 17.8 Å². The number of rotatable bonds is 6. The van der Waals surface area contributed by atoms with Crippen molar-refractivity contribution in [3.63, 3.8) is 0 Å². The molecule has 9 heteroatoms.